The predicted molar refractivity (Wildman–Crippen MR) is 173 cm³/mol. The molecule has 11 heteroatoms. The van der Waals surface area contributed by atoms with Crippen LogP contribution in [0.5, 0.6) is 11.5 Å². The quantitative estimate of drug-likeness (QED) is 0.269. The van der Waals surface area contributed by atoms with E-state index >= 15 is 0 Å². The van der Waals surface area contributed by atoms with Crippen LogP contribution in [0.1, 0.15) is 45.7 Å². The number of carbonyl (C=O) groups excluding carboxylic acids is 2. The van der Waals surface area contributed by atoms with Gasteiger partial charge in [0.05, 0.1) is 48.2 Å². The molecule has 46 heavy (non-hydrogen) atoms. The van der Waals surface area contributed by atoms with E-state index in [0.29, 0.717) is 59.5 Å². The van der Waals surface area contributed by atoms with Crippen molar-refractivity contribution in [1.82, 2.24) is 24.1 Å². The molecule has 0 saturated carbocycles. The van der Waals surface area contributed by atoms with Gasteiger partial charge < -0.3 is 19.3 Å². The molecule has 0 radical (unpaired) electrons. The number of methoxy groups -OCH3 is 1. The molecule has 5 heterocycles. The standard InChI is InChI=1S/C35H35N7O4/c1-45-30-20-27-28(37-23-26-6-4-14-41(26)34(27)43)21-31(30)46-19-5-12-39-15-17-40(18-16-39)35(44)32-29-7-2-3-13-42(29)33(38-32)25-10-8-24(22-36)9-11-25/h2-3,7-11,13,20-21,23,26H,4-6,12,14-19H2,1H3/t26-/m0/s1. The lowest BCUT2D eigenvalue weighted by atomic mass is 10.1. The molecule has 3 aliphatic rings. The molecular weight excluding hydrogens is 582 g/mol. The van der Waals surface area contributed by atoms with Crippen LogP contribution in [0.25, 0.3) is 16.9 Å². The van der Waals surface area contributed by atoms with Crippen molar-refractivity contribution in [2.75, 3.05) is 53.0 Å². The van der Waals surface area contributed by atoms with E-state index in [2.05, 4.69) is 16.0 Å². The Labute approximate surface area is 267 Å². The molecule has 2 aromatic carbocycles. The minimum Gasteiger partial charge on any atom is -0.493 e. The highest BCUT2D eigenvalue weighted by Crippen LogP contribution is 2.38. The Bertz CT molecular complexity index is 1850. The number of amides is 2. The lowest BCUT2D eigenvalue weighted by Crippen LogP contribution is -2.49. The summed E-state index contributed by atoms with van der Waals surface area (Å²) in [5, 5.41) is 9.16. The van der Waals surface area contributed by atoms with Crippen LogP contribution in [0.15, 0.2) is 65.8 Å². The fraction of sp³-hybridized carbons (Fsp3) is 0.343. The Hall–Kier alpha value is -5.21. The highest BCUT2D eigenvalue weighted by atomic mass is 16.5. The van der Waals surface area contributed by atoms with Crippen LogP contribution in [0.4, 0.5) is 5.69 Å². The first-order chi connectivity index (χ1) is 22.5. The molecule has 234 valence electrons. The average molecular weight is 618 g/mol. The Balaban J connectivity index is 0.948. The van der Waals surface area contributed by atoms with Gasteiger partial charge in [-0.3, -0.25) is 23.9 Å². The number of imidazole rings is 1. The molecule has 2 fully saturated rings. The highest BCUT2D eigenvalue weighted by molar-refractivity contribution is 6.03. The normalized spacial score (nSPS) is 17.8. The van der Waals surface area contributed by atoms with Crippen LogP contribution < -0.4 is 9.47 Å². The van der Waals surface area contributed by atoms with Gasteiger partial charge in [0, 0.05) is 63.3 Å². The molecule has 0 N–H and O–H groups in total. The van der Waals surface area contributed by atoms with Crippen molar-refractivity contribution >= 4 is 29.2 Å². The van der Waals surface area contributed by atoms with Crippen LogP contribution in [-0.4, -0.2) is 101 Å². The van der Waals surface area contributed by atoms with Crippen LogP contribution in [0, 0.1) is 11.3 Å². The highest BCUT2D eigenvalue weighted by Gasteiger charge is 2.33. The molecule has 3 aliphatic heterocycles. The van der Waals surface area contributed by atoms with Crippen molar-refractivity contribution in [3.05, 3.63) is 77.6 Å². The zero-order chi connectivity index (χ0) is 31.6. The van der Waals surface area contributed by atoms with Gasteiger partial charge in [-0.1, -0.05) is 6.07 Å². The molecule has 0 bridgehead atoms. The van der Waals surface area contributed by atoms with Crippen molar-refractivity contribution < 1.29 is 19.1 Å². The van der Waals surface area contributed by atoms with Gasteiger partial charge in [-0.2, -0.15) is 5.26 Å². The lowest BCUT2D eigenvalue weighted by molar-refractivity contribution is 0.0627. The molecule has 0 aliphatic carbocycles. The van der Waals surface area contributed by atoms with Crippen LogP contribution >= 0.6 is 0 Å². The van der Waals surface area contributed by atoms with Gasteiger partial charge in [0.1, 0.15) is 5.82 Å². The number of ether oxygens (including phenoxy) is 2. The number of aromatic nitrogens is 2. The molecule has 0 unspecified atom stereocenters. The third kappa shape index (κ3) is 5.56. The van der Waals surface area contributed by atoms with Gasteiger partial charge in [0.15, 0.2) is 17.2 Å². The summed E-state index contributed by atoms with van der Waals surface area (Å²) in [5.74, 6) is 1.69. The van der Waals surface area contributed by atoms with Crippen molar-refractivity contribution in [1.29, 1.82) is 5.26 Å². The molecular formula is C35H35N7O4. The van der Waals surface area contributed by atoms with E-state index in [0.717, 1.165) is 56.5 Å². The van der Waals surface area contributed by atoms with E-state index in [1.54, 1.807) is 25.3 Å². The number of piperazine rings is 1. The second kappa shape index (κ2) is 12.7. The van der Waals surface area contributed by atoms with Crippen molar-refractivity contribution in [2.45, 2.75) is 25.3 Å². The van der Waals surface area contributed by atoms with Gasteiger partial charge in [0.2, 0.25) is 0 Å². The van der Waals surface area contributed by atoms with Crippen LogP contribution in [-0.2, 0) is 0 Å². The fourth-order valence-electron chi connectivity index (χ4n) is 6.51. The van der Waals surface area contributed by atoms with E-state index in [1.165, 1.54) is 0 Å². The van der Waals surface area contributed by atoms with Gasteiger partial charge in [-0.25, -0.2) is 4.98 Å². The number of hydrogen-bond donors (Lipinski definition) is 0. The number of aliphatic imine (C=N–C) groups is 1. The second-order valence-corrected chi connectivity index (χ2v) is 11.8. The van der Waals surface area contributed by atoms with Crippen LogP contribution in [0.3, 0.4) is 0 Å². The van der Waals surface area contributed by atoms with Crippen molar-refractivity contribution in [3.63, 3.8) is 0 Å². The Morgan fingerprint density at radius 3 is 2.65 bits per heavy atom. The Morgan fingerprint density at radius 1 is 1.04 bits per heavy atom. The molecule has 4 aromatic rings. The minimum absolute atomic E-state index is 0.00897. The summed E-state index contributed by atoms with van der Waals surface area (Å²) >= 11 is 0. The number of rotatable bonds is 8. The third-order valence-corrected chi connectivity index (χ3v) is 9.02. The topological polar surface area (TPSA) is 116 Å². The maximum absolute atomic E-state index is 13.7. The molecule has 11 nitrogen and oxygen atoms in total. The molecule has 0 spiro atoms. The number of fused-ring (bicyclic) bond motifs is 3. The largest absolute Gasteiger partial charge is 0.493 e. The second-order valence-electron chi connectivity index (χ2n) is 11.8. The summed E-state index contributed by atoms with van der Waals surface area (Å²) in [6.45, 7) is 4.81. The van der Waals surface area contributed by atoms with E-state index in [4.69, 9.17) is 19.7 Å². The van der Waals surface area contributed by atoms with E-state index in [-0.39, 0.29) is 17.9 Å². The first-order valence-corrected chi connectivity index (χ1v) is 15.7. The summed E-state index contributed by atoms with van der Waals surface area (Å²) in [6.07, 6.45) is 6.51. The number of pyridine rings is 1. The Morgan fingerprint density at radius 2 is 1.87 bits per heavy atom. The minimum atomic E-state index is -0.0801. The van der Waals surface area contributed by atoms with Crippen molar-refractivity contribution in [3.8, 4) is 29.0 Å². The van der Waals surface area contributed by atoms with Gasteiger partial charge >= 0.3 is 0 Å². The SMILES string of the molecule is COc1cc2c(cc1OCCCN1CCN(C(=O)c3nc(-c4ccc(C#N)cc4)n4ccccc34)CC1)N=C[C@@H]1CCCN1C2=O. The molecule has 1 atom stereocenters. The molecule has 7 rings (SSSR count). The summed E-state index contributed by atoms with van der Waals surface area (Å²) in [5.41, 5.74) is 3.78. The van der Waals surface area contributed by atoms with Crippen molar-refractivity contribution in [2.24, 2.45) is 4.99 Å². The summed E-state index contributed by atoms with van der Waals surface area (Å²) in [7, 11) is 1.58. The number of nitriles is 1. The predicted octanol–water partition coefficient (Wildman–Crippen LogP) is 4.43. The van der Waals surface area contributed by atoms with E-state index in [1.807, 2.05) is 63.0 Å². The zero-order valence-corrected chi connectivity index (χ0v) is 25.8. The van der Waals surface area contributed by atoms with E-state index in [9.17, 15) is 9.59 Å². The molecule has 2 aromatic heterocycles. The summed E-state index contributed by atoms with van der Waals surface area (Å²) < 4.78 is 13.6. The summed E-state index contributed by atoms with van der Waals surface area (Å²) in [4.78, 5) is 42.3. The molecule has 2 saturated heterocycles. The first kappa shape index (κ1) is 29.5. The lowest BCUT2D eigenvalue weighted by Gasteiger charge is -2.34. The third-order valence-electron chi connectivity index (χ3n) is 9.02. The fourth-order valence-corrected chi connectivity index (χ4v) is 6.51. The number of benzene rings is 2. The number of nitrogens with zero attached hydrogens (tertiary/aromatic N) is 7. The molecule has 2 amide bonds. The summed E-state index contributed by atoms with van der Waals surface area (Å²) in [6, 6.07) is 18.7. The zero-order valence-electron chi connectivity index (χ0n) is 25.8. The average Bonchev–Trinajstić information content (AvgIpc) is 3.71. The number of hydrogen-bond acceptors (Lipinski definition) is 8. The smallest absolute Gasteiger partial charge is 0.274 e. The van der Waals surface area contributed by atoms with Gasteiger partial charge in [-0.15, -0.1) is 0 Å². The maximum atomic E-state index is 13.7. The van der Waals surface area contributed by atoms with Crippen LogP contribution in [0.2, 0.25) is 0 Å². The van der Waals surface area contributed by atoms with E-state index < -0.39 is 0 Å². The van der Waals surface area contributed by atoms with Gasteiger partial charge in [-0.05, 0) is 61.7 Å². The monoisotopic (exact) mass is 617 g/mol. The first-order valence-electron chi connectivity index (χ1n) is 15.7. The Kier molecular flexibility index (Phi) is 8.11. The van der Waals surface area contributed by atoms with Gasteiger partial charge in [0.25, 0.3) is 11.8 Å². The maximum Gasteiger partial charge on any atom is 0.274 e. The number of carbonyl (C=O) groups is 2.